The van der Waals surface area contributed by atoms with Crippen molar-refractivity contribution in [3.63, 3.8) is 0 Å². The van der Waals surface area contributed by atoms with Crippen LogP contribution in [0, 0.1) is 0 Å². The molecule has 104 valence electrons. The van der Waals surface area contributed by atoms with Crippen molar-refractivity contribution in [1.82, 2.24) is 10.2 Å². The molecule has 4 atom stereocenters. The Morgan fingerprint density at radius 3 is 2.39 bits per heavy atom. The van der Waals surface area contributed by atoms with Gasteiger partial charge >= 0.3 is 5.97 Å². The van der Waals surface area contributed by atoms with E-state index >= 15 is 0 Å². The fraction of sp³-hybridized carbons (Fsp3) is 0.700. The molecular weight excluding hydrogens is 274 g/mol. The second-order valence-electron chi connectivity index (χ2n) is 3.87. The van der Waals surface area contributed by atoms with Gasteiger partial charge in [-0.2, -0.15) is 0 Å². The summed E-state index contributed by atoms with van der Waals surface area (Å²) in [5, 5.41) is 2.76. The topological polar surface area (TPSA) is 75.7 Å². The lowest BCUT2D eigenvalue weighted by molar-refractivity contribution is -0.142. The zero-order valence-electron chi connectivity index (χ0n) is 11.0. The Labute approximate surface area is 111 Å². The summed E-state index contributed by atoms with van der Waals surface area (Å²) in [6.07, 6.45) is -0.0499. The number of hydrogen-bond acceptors (Lipinski definition) is 5. The van der Waals surface area contributed by atoms with Crippen LogP contribution >= 0.6 is 17.4 Å². The quantitative estimate of drug-likeness (QED) is 0.685. The van der Waals surface area contributed by atoms with E-state index in [2.05, 4.69) is 14.2 Å². The summed E-state index contributed by atoms with van der Waals surface area (Å²) in [6, 6.07) is -1.18. The SMILES string of the molecule is CNC(CC(=O)OPP)C(=O)N(C)C(C)C(C)=O. The van der Waals surface area contributed by atoms with Crippen molar-refractivity contribution in [3.8, 4) is 0 Å². The van der Waals surface area contributed by atoms with Crippen molar-refractivity contribution in [3.05, 3.63) is 0 Å². The lowest BCUT2D eigenvalue weighted by Gasteiger charge is -2.27. The summed E-state index contributed by atoms with van der Waals surface area (Å²) in [5.41, 5.74) is 0. The molecule has 0 aliphatic rings. The molecular formula is C10H20N2O4P2. The first-order valence-electron chi connectivity index (χ1n) is 5.44. The van der Waals surface area contributed by atoms with Gasteiger partial charge in [0.05, 0.1) is 27.0 Å². The second-order valence-corrected chi connectivity index (χ2v) is 5.02. The van der Waals surface area contributed by atoms with E-state index in [1.54, 1.807) is 21.0 Å². The minimum absolute atomic E-state index is 0.0212. The molecule has 1 N–H and O–H groups in total. The van der Waals surface area contributed by atoms with Gasteiger partial charge in [0.25, 0.3) is 0 Å². The first-order valence-corrected chi connectivity index (χ1v) is 8.16. The predicted molar refractivity (Wildman–Crippen MR) is 74.5 cm³/mol. The van der Waals surface area contributed by atoms with Gasteiger partial charge in [-0.1, -0.05) is 8.93 Å². The molecule has 0 fully saturated rings. The highest BCUT2D eigenvalue weighted by molar-refractivity contribution is 8.00. The standard InChI is InChI=1S/C10H20N2O4P2/c1-6(7(2)13)12(4)10(15)8(11-3)5-9(14)16-18-17/h6,8,11,18H,5,17H2,1-4H3. The van der Waals surface area contributed by atoms with Gasteiger partial charge in [0.2, 0.25) is 5.91 Å². The van der Waals surface area contributed by atoms with Crippen LogP contribution in [0.25, 0.3) is 0 Å². The lowest BCUT2D eigenvalue weighted by atomic mass is 10.1. The molecule has 0 heterocycles. The molecule has 4 unspecified atom stereocenters. The molecule has 8 heteroatoms. The monoisotopic (exact) mass is 294 g/mol. The molecule has 0 aliphatic carbocycles. The van der Waals surface area contributed by atoms with Crippen LogP contribution in [0.1, 0.15) is 20.3 Å². The van der Waals surface area contributed by atoms with Gasteiger partial charge in [0.15, 0.2) is 5.78 Å². The van der Waals surface area contributed by atoms with E-state index in [4.69, 9.17) is 4.52 Å². The Balaban J connectivity index is 4.60. The molecule has 0 aromatic rings. The predicted octanol–water partition coefficient (Wildman–Crippen LogP) is 0.327. The molecule has 0 aliphatic heterocycles. The maximum Gasteiger partial charge on any atom is 0.310 e. The summed E-state index contributed by atoms with van der Waals surface area (Å²) >= 11 is 0. The minimum Gasteiger partial charge on any atom is -0.444 e. The van der Waals surface area contributed by atoms with Crippen molar-refractivity contribution < 1.29 is 18.9 Å². The molecule has 0 rings (SSSR count). The van der Waals surface area contributed by atoms with E-state index in [-0.39, 0.29) is 26.6 Å². The van der Waals surface area contributed by atoms with Gasteiger partial charge in [0.1, 0.15) is 0 Å². The largest absolute Gasteiger partial charge is 0.444 e. The zero-order valence-corrected chi connectivity index (χ0v) is 13.2. The maximum atomic E-state index is 12.1. The summed E-state index contributed by atoms with van der Waals surface area (Å²) in [4.78, 5) is 35.9. The molecule has 6 nitrogen and oxygen atoms in total. The average Bonchev–Trinajstić information content (AvgIpc) is 2.33. The van der Waals surface area contributed by atoms with Crippen molar-refractivity contribution in [2.75, 3.05) is 14.1 Å². The Morgan fingerprint density at radius 1 is 1.44 bits per heavy atom. The normalized spacial score (nSPS) is 14.3. The molecule has 18 heavy (non-hydrogen) atoms. The molecule has 0 saturated carbocycles. The number of Topliss-reactive ketones (excluding diaryl/α,β-unsaturated/α-hetero) is 1. The number of nitrogens with one attached hydrogen (secondary N) is 1. The highest BCUT2D eigenvalue weighted by Gasteiger charge is 2.27. The van der Waals surface area contributed by atoms with Gasteiger partial charge in [-0.15, -0.1) is 0 Å². The smallest absolute Gasteiger partial charge is 0.310 e. The van der Waals surface area contributed by atoms with Gasteiger partial charge in [-0.3, -0.25) is 14.4 Å². The first-order chi connectivity index (χ1) is 8.34. The van der Waals surface area contributed by atoms with E-state index < -0.39 is 18.1 Å². The number of rotatable bonds is 7. The number of carbonyl (C=O) groups is 3. The molecule has 0 spiro atoms. The third-order valence-electron chi connectivity index (χ3n) is 2.71. The third-order valence-corrected chi connectivity index (χ3v) is 3.41. The maximum absolute atomic E-state index is 12.1. The Hall–Kier alpha value is -0.570. The Morgan fingerprint density at radius 2 is 2.00 bits per heavy atom. The van der Waals surface area contributed by atoms with E-state index in [1.807, 2.05) is 0 Å². The van der Waals surface area contributed by atoms with Crippen LogP contribution in [-0.2, 0) is 18.9 Å². The van der Waals surface area contributed by atoms with Gasteiger partial charge in [-0.25, -0.2) is 0 Å². The fourth-order valence-corrected chi connectivity index (χ4v) is 1.91. The number of carbonyl (C=O) groups excluding carboxylic acids is 3. The summed E-state index contributed by atoms with van der Waals surface area (Å²) in [6.45, 7) is 3.07. The van der Waals surface area contributed by atoms with Crippen LogP contribution in [0.4, 0.5) is 0 Å². The second kappa shape index (κ2) is 8.52. The number of hydrogen-bond donors (Lipinski definition) is 1. The summed E-state index contributed by atoms with van der Waals surface area (Å²) in [5.74, 6) is -0.848. The Bertz CT molecular complexity index is 325. The zero-order chi connectivity index (χ0) is 14.3. The summed E-state index contributed by atoms with van der Waals surface area (Å²) < 4.78 is 4.79. The van der Waals surface area contributed by atoms with Crippen LogP contribution in [0.2, 0.25) is 0 Å². The van der Waals surface area contributed by atoms with E-state index in [0.717, 1.165) is 0 Å². The molecule has 0 radical (unpaired) electrons. The van der Waals surface area contributed by atoms with Crippen LogP contribution in [0.5, 0.6) is 0 Å². The van der Waals surface area contributed by atoms with Gasteiger partial charge in [0, 0.05) is 7.05 Å². The van der Waals surface area contributed by atoms with Crippen molar-refractivity contribution in [2.24, 2.45) is 0 Å². The number of likely N-dealkylation sites (N-methyl/N-ethyl adjacent to an activating group) is 2. The number of ketones is 1. The minimum atomic E-state index is -0.675. The van der Waals surface area contributed by atoms with Crippen molar-refractivity contribution in [2.45, 2.75) is 32.4 Å². The van der Waals surface area contributed by atoms with Gasteiger partial charge < -0.3 is 14.7 Å². The number of nitrogens with zero attached hydrogens (tertiary/aromatic N) is 1. The van der Waals surface area contributed by atoms with E-state index in [0.29, 0.717) is 0 Å². The first kappa shape index (κ1) is 17.4. The molecule has 0 aromatic carbocycles. The third kappa shape index (κ3) is 5.38. The lowest BCUT2D eigenvalue weighted by Crippen LogP contribution is -2.49. The molecule has 0 bridgehead atoms. The average molecular weight is 294 g/mol. The highest BCUT2D eigenvalue weighted by Crippen LogP contribution is 2.22. The van der Waals surface area contributed by atoms with Crippen LogP contribution in [0.15, 0.2) is 0 Å². The summed E-state index contributed by atoms with van der Waals surface area (Å²) in [7, 11) is 5.40. The highest BCUT2D eigenvalue weighted by atomic mass is 32.0. The van der Waals surface area contributed by atoms with Crippen LogP contribution in [-0.4, -0.2) is 48.7 Å². The van der Waals surface area contributed by atoms with Crippen LogP contribution < -0.4 is 5.32 Å². The van der Waals surface area contributed by atoms with Gasteiger partial charge in [-0.05, 0) is 20.9 Å². The van der Waals surface area contributed by atoms with E-state index in [9.17, 15) is 14.4 Å². The molecule has 0 aromatic heterocycles. The van der Waals surface area contributed by atoms with Crippen molar-refractivity contribution >= 4 is 35.1 Å². The van der Waals surface area contributed by atoms with Crippen LogP contribution in [0.3, 0.4) is 0 Å². The molecule has 1 amide bonds. The molecule has 0 saturated heterocycles. The van der Waals surface area contributed by atoms with E-state index in [1.165, 1.54) is 11.8 Å². The fourth-order valence-electron chi connectivity index (χ4n) is 1.30. The van der Waals surface area contributed by atoms with Crippen molar-refractivity contribution in [1.29, 1.82) is 0 Å². The number of amides is 1. The Kier molecular flexibility index (Phi) is 8.25.